The molecule has 1 fully saturated rings. The van der Waals surface area contributed by atoms with Crippen molar-refractivity contribution in [3.63, 3.8) is 0 Å². The first-order valence-corrected chi connectivity index (χ1v) is 6.95. The maximum Gasteiger partial charge on any atom is 0.338 e. The van der Waals surface area contributed by atoms with E-state index in [1.165, 1.54) is 12.1 Å². The van der Waals surface area contributed by atoms with Crippen molar-refractivity contribution in [2.75, 3.05) is 6.61 Å². The van der Waals surface area contributed by atoms with E-state index < -0.39 is 23.7 Å². The standard InChI is InChI=1S/C17H14F2O3/c18-13-7-6-12(14(19)9-13)8-15(16-10-21-16)22-17(20)11-4-2-1-3-5-11/h1-7,9,15-16H,8,10H2/t15-,16-/m1/s1. The van der Waals surface area contributed by atoms with Crippen molar-refractivity contribution in [2.45, 2.75) is 18.6 Å². The first kappa shape index (κ1) is 14.7. The first-order valence-electron chi connectivity index (χ1n) is 6.95. The quantitative estimate of drug-likeness (QED) is 0.629. The van der Waals surface area contributed by atoms with Crippen LogP contribution in [0.1, 0.15) is 15.9 Å². The van der Waals surface area contributed by atoms with Crippen LogP contribution in [0.3, 0.4) is 0 Å². The number of ether oxygens (including phenoxy) is 2. The van der Waals surface area contributed by atoms with Gasteiger partial charge >= 0.3 is 5.97 Å². The van der Waals surface area contributed by atoms with Crippen LogP contribution in [0, 0.1) is 11.6 Å². The summed E-state index contributed by atoms with van der Waals surface area (Å²) < 4.78 is 37.3. The van der Waals surface area contributed by atoms with E-state index in [1.807, 2.05) is 0 Å². The van der Waals surface area contributed by atoms with Gasteiger partial charge in [-0.05, 0) is 23.8 Å². The van der Waals surface area contributed by atoms with E-state index in [4.69, 9.17) is 9.47 Å². The first-order chi connectivity index (χ1) is 10.6. The lowest BCUT2D eigenvalue weighted by atomic mass is 10.0. The van der Waals surface area contributed by atoms with Gasteiger partial charge < -0.3 is 9.47 Å². The van der Waals surface area contributed by atoms with E-state index in [2.05, 4.69) is 0 Å². The minimum absolute atomic E-state index is 0.148. The van der Waals surface area contributed by atoms with E-state index in [9.17, 15) is 13.6 Å². The van der Waals surface area contributed by atoms with Crippen molar-refractivity contribution in [3.8, 4) is 0 Å². The summed E-state index contributed by atoms with van der Waals surface area (Å²) in [6.45, 7) is 0.468. The van der Waals surface area contributed by atoms with Crippen molar-refractivity contribution >= 4 is 5.97 Å². The molecule has 0 amide bonds. The Balaban J connectivity index is 1.72. The lowest BCUT2D eigenvalue weighted by Crippen LogP contribution is -2.26. The fourth-order valence-corrected chi connectivity index (χ4v) is 2.20. The second-order valence-corrected chi connectivity index (χ2v) is 5.12. The lowest BCUT2D eigenvalue weighted by Gasteiger charge is -2.16. The second-order valence-electron chi connectivity index (χ2n) is 5.12. The number of benzene rings is 2. The molecule has 1 heterocycles. The van der Waals surface area contributed by atoms with E-state index >= 15 is 0 Å². The third-order valence-corrected chi connectivity index (χ3v) is 3.48. The van der Waals surface area contributed by atoms with Crippen LogP contribution in [-0.4, -0.2) is 24.8 Å². The summed E-state index contributed by atoms with van der Waals surface area (Å²) in [5.74, 6) is -1.77. The second kappa shape index (κ2) is 6.23. The van der Waals surface area contributed by atoms with Crippen LogP contribution in [0.25, 0.3) is 0 Å². The van der Waals surface area contributed by atoms with Crippen LogP contribution < -0.4 is 0 Å². The summed E-state index contributed by atoms with van der Waals surface area (Å²) in [6, 6.07) is 11.9. The number of hydrogen-bond acceptors (Lipinski definition) is 3. The highest BCUT2D eigenvalue weighted by Gasteiger charge is 2.36. The summed E-state index contributed by atoms with van der Waals surface area (Å²) in [7, 11) is 0. The van der Waals surface area contributed by atoms with Gasteiger partial charge in [-0.2, -0.15) is 0 Å². The summed E-state index contributed by atoms with van der Waals surface area (Å²) in [5, 5.41) is 0. The molecule has 0 N–H and O–H groups in total. The van der Waals surface area contributed by atoms with Crippen LogP contribution in [-0.2, 0) is 15.9 Å². The molecule has 0 radical (unpaired) electrons. The van der Waals surface area contributed by atoms with E-state index in [0.717, 1.165) is 6.07 Å². The van der Waals surface area contributed by atoms with Crippen molar-refractivity contribution in [1.29, 1.82) is 0 Å². The average Bonchev–Trinajstić information content (AvgIpc) is 3.34. The smallest absolute Gasteiger partial charge is 0.338 e. The average molecular weight is 304 g/mol. The number of esters is 1. The molecule has 2 atom stereocenters. The van der Waals surface area contributed by atoms with Gasteiger partial charge in [0.05, 0.1) is 12.2 Å². The van der Waals surface area contributed by atoms with Gasteiger partial charge in [0.15, 0.2) is 0 Å². The van der Waals surface area contributed by atoms with Crippen LogP contribution >= 0.6 is 0 Å². The molecule has 2 aromatic rings. The molecule has 1 saturated heterocycles. The summed E-state index contributed by atoms with van der Waals surface area (Å²) in [4.78, 5) is 12.1. The third-order valence-electron chi connectivity index (χ3n) is 3.48. The molecule has 0 aliphatic carbocycles. The Bertz CT molecular complexity index is 669. The summed E-state index contributed by atoms with van der Waals surface area (Å²) in [5.41, 5.74) is 0.718. The molecule has 22 heavy (non-hydrogen) atoms. The number of rotatable bonds is 5. The van der Waals surface area contributed by atoms with Crippen LogP contribution in [0.2, 0.25) is 0 Å². The Kier molecular flexibility index (Phi) is 4.15. The van der Waals surface area contributed by atoms with Gasteiger partial charge in [0.2, 0.25) is 0 Å². The molecular formula is C17H14F2O3. The molecule has 114 valence electrons. The Morgan fingerprint density at radius 2 is 1.95 bits per heavy atom. The predicted octanol–water partition coefficient (Wildman–Crippen LogP) is 3.13. The maximum absolute atomic E-state index is 13.7. The Morgan fingerprint density at radius 1 is 1.23 bits per heavy atom. The minimum atomic E-state index is -0.651. The fourth-order valence-electron chi connectivity index (χ4n) is 2.20. The number of carbonyl (C=O) groups is 1. The van der Waals surface area contributed by atoms with E-state index in [0.29, 0.717) is 17.7 Å². The van der Waals surface area contributed by atoms with Crippen molar-refractivity contribution in [3.05, 3.63) is 71.3 Å². The number of carbonyl (C=O) groups excluding carboxylic acids is 1. The molecule has 1 aliphatic heterocycles. The molecule has 0 saturated carbocycles. The van der Waals surface area contributed by atoms with Crippen LogP contribution in [0.5, 0.6) is 0 Å². The van der Waals surface area contributed by atoms with Crippen LogP contribution in [0.15, 0.2) is 48.5 Å². The molecule has 0 spiro atoms. The maximum atomic E-state index is 13.7. The Hall–Kier alpha value is -2.27. The highest BCUT2D eigenvalue weighted by atomic mass is 19.1. The molecule has 3 nitrogen and oxygen atoms in total. The lowest BCUT2D eigenvalue weighted by molar-refractivity contribution is 0.0229. The highest BCUT2D eigenvalue weighted by molar-refractivity contribution is 5.89. The molecule has 5 heteroatoms. The zero-order chi connectivity index (χ0) is 15.5. The monoisotopic (exact) mass is 304 g/mol. The third kappa shape index (κ3) is 3.49. The molecule has 2 aromatic carbocycles. The van der Waals surface area contributed by atoms with Crippen molar-refractivity contribution in [2.24, 2.45) is 0 Å². The molecule has 0 unspecified atom stereocenters. The van der Waals surface area contributed by atoms with Gasteiger partial charge in [-0.3, -0.25) is 0 Å². The fraction of sp³-hybridized carbons (Fsp3) is 0.235. The minimum Gasteiger partial charge on any atom is -0.456 e. The van der Waals surface area contributed by atoms with Gasteiger partial charge in [-0.15, -0.1) is 0 Å². The molecule has 0 bridgehead atoms. The van der Waals surface area contributed by atoms with Gasteiger partial charge in [0.1, 0.15) is 23.8 Å². The number of epoxide rings is 1. The topological polar surface area (TPSA) is 38.8 Å². The van der Waals surface area contributed by atoms with Crippen molar-refractivity contribution < 1.29 is 23.0 Å². The largest absolute Gasteiger partial charge is 0.456 e. The predicted molar refractivity (Wildman–Crippen MR) is 75.4 cm³/mol. The molecule has 0 aromatic heterocycles. The number of halogens is 2. The Morgan fingerprint density at radius 3 is 2.59 bits per heavy atom. The van der Waals surface area contributed by atoms with E-state index in [-0.39, 0.29) is 12.5 Å². The van der Waals surface area contributed by atoms with Gasteiger partial charge in [-0.25, -0.2) is 13.6 Å². The van der Waals surface area contributed by atoms with Crippen molar-refractivity contribution in [1.82, 2.24) is 0 Å². The zero-order valence-electron chi connectivity index (χ0n) is 11.7. The van der Waals surface area contributed by atoms with Crippen LogP contribution in [0.4, 0.5) is 8.78 Å². The van der Waals surface area contributed by atoms with Gasteiger partial charge in [0, 0.05) is 12.5 Å². The Labute approximate surface area is 126 Å². The molecule has 1 aliphatic rings. The summed E-state index contributed by atoms with van der Waals surface area (Å²) in [6.07, 6.45) is -0.681. The SMILES string of the molecule is O=C(O[C@H](Cc1ccc(F)cc1F)[C@H]1CO1)c1ccccc1. The number of hydrogen-bond donors (Lipinski definition) is 0. The summed E-state index contributed by atoms with van der Waals surface area (Å²) >= 11 is 0. The highest BCUT2D eigenvalue weighted by Crippen LogP contribution is 2.23. The molecule has 3 rings (SSSR count). The van der Waals surface area contributed by atoms with Gasteiger partial charge in [0.25, 0.3) is 0 Å². The normalized spacial score (nSPS) is 17.8. The zero-order valence-corrected chi connectivity index (χ0v) is 11.7. The molecular weight excluding hydrogens is 290 g/mol. The van der Waals surface area contributed by atoms with E-state index in [1.54, 1.807) is 30.3 Å². The van der Waals surface area contributed by atoms with Gasteiger partial charge in [-0.1, -0.05) is 24.3 Å².